The van der Waals surface area contributed by atoms with Crippen molar-refractivity contribution in [1.29, 1.82) is 0 Å². The van der Waals surface area contributed by atoms with E-state index in [0.717, 1.165) is 24.1 Å². The van der Waals surface area contributed by atoms with E-state index in [1.165, 1.54) is 0 Å². The normalized spacial score (nSPS) is 18.1. The van der Waals surface area contributed by atoms with Gasteiger partial charge in [0, 0.05) is 22.0 Å². The third kappa shape index (κ3) is 6.22. The maximum atomic E-state index is 12.3. The maximum Gasteiger partial charge on any atom is 0.218 e. The molecule has 0 amide bonds. The first-order chi connectivity index (χ1) is 12.2. The van der Waals surface area contributed by atoms with Gasteiger partial charge in [0.05, 0.1) is 11.4 Å². The van der Waals surface area contributed by atoms with Gasteiger partial charge in [-0.2, -0.15) is 5.10 Å². The van der Waals surface area contributed by atoms with Gasteiger partial charge in [0.15, 0.2) is 0 Å². The molecule has 1 aromatic carbocycles. The van der Waals surface area contributed by atoms with Crippen LogP contribution in [-0.2, 0) is 15.8 Å². The van der Waals surface area contributed by atoms with Crippen molar-refractivity contribution < 1.29 is 11.2 Å². The Morgan fingerprint density at radius 2 is 1.96 bits per heavy atom. The predicted molar refractivity (Wildman–Crippen MR) is 99.8 cm³/mol. The zero-order chi connectivity index (χ0) is 19.2. The van der Waals surface area contributed by atoms with E-state index in [1.54, 1.807) is 53.8 Å². The number of nitrogens with zero attached hydrogens (tertiary/aromatic N) is 3. The topological polar surface area (TPSA) is 65.0 Å². The van der Waals surface area contributed by atoms with Gasteiger partial charge >= 0.3 is 0 Å². The van der Waals surface area contributed by atoms with Crippen LogP contribution in [0.2, 0.25) is 0 Å². The molecule has 24 heavy (non-hydrogen) atoms. The first kappa shape index (κ1) is 16.1. The molecule has 1 heterocycles. The average Bonchev–Trinajstić information content (AvgIpc) is 3.11. The van der Waals surface area contributed by atoms with Crippen molar-refractivity contribution in [3.63, 3.8) is 0 Å². The molecule has 1 N–H and O–H groups in total. The van der Waals surface area contributed by atoms with Crippen molar-refractivity contribution in [3.8, 4) is 0 Å². The van der Waals surface area contributed by atoms with Crippen LogP contribution in [0.5, 0.6) is 0 Å². The van der Waals surface area contributed by atoms with Crippen molar-refractivity contribution in [2.75, 3.05) is 39.1 Å². The average molecular weight is 355 g/mol. The van der Waals surface area contributed by atoms with Crippen LogP contribution in [-0.4, -0.2) is 57.5 Å². The van der Waals surface area contributed by atoms with Gasteiger partial charge in [-0.15, -0.1) is 0 Å². The SMILES string of the molecule is [2H]C([2H])(CC/C=N/Nc1ccc(CS(=O)(=O)N2CCCC2)cc1)N(C)C. The van der Waals surface area contributed by atoms with Gasteiger partial charge in [-0.3, -0.25) is 5.43 Å². The lowest BCUT2D eigenvalue weighted by atomic mass is 10.2. The highest BCUT2D eigenvalue weighted by Gasteiger charge is 2.25. The summed E-state index contributed by atoms with van der Waals surface area (Å²) in [5.74, 6) is 0.0240. The summed E-state index contributed by atoms with van der Waals surface area (Å²) in [5.41, 5.74) is 4.40. The van der Waals surface area contributed by atoms with Gasteiger partial charge in [0.2, 0.25) is 10.0 Å². The molecule has 0 aliphatic carbocycles. The Balaban J connectivity index is 1.81. The zero-order valence-corrected chi connectivity index (χ0v) is 15.2. The van der Waals surface area contributed by atoms with E-state index in [9.17, 15) is 8.42 Å². The number of hydrazone groups is 1. The highest BCUT2D eigenvalue weighted by molar-refractivity contribution is 7.88. The lowest BCUT2D eigenvalue weighted by Gasteiger charge is -2.15. The summed E-state index contributed by atoms with van der Waals surface area (Å²) in [6, 6.07) is 7.17. The molecule has 0 aromatic heterocycles. The molecular formula is C17H28N4O2S. The Kier molecular flexibility index (Phi) is 6.12. The number of benzene rings is 1. The minimum absolute atomic E-state index is 0.0240. The lowest BCUT2D eigenvalue weighted by molar-refractivity contribution is 0.404. The third-order valence-electron chi connectivity index (χ3n) is 3.75. The number of anilines is 1. The van der Waals surface area contributed by atoms with Crippen LogP contribution >= 0.6 is 0 Å². The highest BCUT2D eigenvalue weighted by atomic mass is 32.2. The molecule has 0 radical (unpaired) electrons. The molecule has 1 aliphatic rings. The Hall–Kier alpha value is -1.44. The Bertz CT molecular complexity index is 700. The predicted octanol–water partition coefficient (Wildman–Crippen LogP) is 2.35. The lowest BCUT2D eigenvalue weighted by Crippen LogP contribution is -2.29. The summed E-state index contributed by atoms with van der Waals surface area (Å²) in [6.45, 7) is -0.0978. The Labute approximate surface area is 148 Å². The number of hydrogen-bond acceptors (Lipinski definition) is 5. The molecule has 0 bridgehead atoms. The van der Waals surface area contributed by atoms with E-state index in [0.29, 0.717) is 25.9 Å². The fourth-order valence-corrected chi connectivity index (χ4v) is 4.09. The van der Waals surface area contributed by atoms with E-state index in [2.05, 4.69) is 10.5 Å². The molecule has 1 saturated heterocycles. The molecule has 0 spiro atoms. The smallest absolute Gasteiger partial charge is 0.218 e. The molecule has 2 rings (SSSR count). The molecule has 0 atom stereocenters. The van der Waals surface area contributed by atoms with Crippen LogP contribution in [0.25, 0.3) is 0 Å². The van der Waals surface area contributed by atoms with Gasteiger partial charge in [-0.1, -0.05) is 12.1 Å². The fraction of sp³-hybridized carbons (Fsp3) is 0.588. The van der Waals surface area contributed by atoms with Gasteiger partial charge in [0.25, 0.3) is 0 Å². The summed E-state index contributed by atoms with van der Waals surface area (Å²) < 4.78 is 41.8. The third-order valence-corrected chi connectivity index (χ3v) is 5.60. The Morgan fingerprint density at radius 1 is 1.29 bits per heavy atom. The van der Waals surface area contributed by atoms with Gasteiger partial charge < -0.3 is 4.90 Å². The molecular weight excluding hydrogens is 324 g/mol. The second kappa shape index (κ2) is 9.15. The summed E-state index contributed by atoms with van der Waals surface area (Å²) in [5, 5.41) is 4.08. The van der Waals surface area contributed by atoms with Crippen LogP contribution in [0.1, 0.15) is 34.0 Å². The van der Waals surface area contributed by atoms with Gasteiger partial charge in [-0.05, 0) is 64.0 Å². The van der Waals surface area contributed by atoms with E-state index in [1.807, 2.05) is 0 Å². The van der Waals surface area contributed by atoms with Crippen molar-refractivity contribution in [3.05, 3.63) is 29.8 Å². The van der Waals surface area contributed by atoms with Crippen LogP contribution in [0.15, 0.2) is 29.4 Å². The first-order valence-corrected chi connectivity index (χ1v) is 9.83. The largest absolute Gasteiger partial charge is 0.309 e. The zero-order valence-electron chi connectivity index (χ0n) is 16.4. The van der Waals surface area contributed by atoms with Crippen molar-refractivity contribution in [1.82, 2.24) is 9.21 Å². The first-order valence-electron chi connectivity index (χ1n) is 9.22. The van der Waals surface area contributed by atoms with E-state index in [4.69, 9.17) is 2.74 Å². The fourth-order valence-electron chi connectivity index (χ4n) is 2.48. The number of sulfonamides is 1. The molecule has 1 aliphatic heterocycles. The summed E-state index contributed by atoms with van der Waals surface area (Å²) >= 11 is 0. The van der Waals surface area contributed by atoms with Crippen LogP contribution < -0.4 is 5.43 Å². The molecule has 0 saturated carbocycles. The summed E-state index contributed by atoms with van der Waals surface area (Å²) in [4.78, 5) is 1.54. The monoisotopic (exact) mass is 354 g/mol. The molecule has 7 heteroatoms. The number of rotatable bonds is 9. The second-order valence-electron chi connectivity index (χ2n) is 6.07. The Morgan fingerprint density at radius 3 is 2.58 bits per heavy atom. The van der Waals surface area contributed by atoms with Crippen molar-refractivity contribution >= 4 is 21.9 Å². The summed E-state index contributed by atoms with van der Waals surface area (Å²) in [6.07, 6.45) is 4.41. The van der Waals surface area contributed by atoms with Gasteiger partial charge in [0.1, 0.15) is 0 Å². The number of nitrogens with one attached hydrogen (secondary N) is 1. The molecule has 134 valence electrons. The van der Waals surface area contributed by atoms with E-state index >= 15 is 0 Å². The standard InChI is InChI=1S/C17H28N4O2S/c1-20(2)12-4-3-11-18-19-17-9-7-16(8-10-17)15-24(22,23)21-13-5-6-14-21/h7-11,19H,3-6,12-15H2,1-2H3/b18-11+/i12D2. The molecule has 0 unspecified atom stereocenters. The highest BCUT2D eigenvalue weighted by Crippen LogP contribution is 2.18. The van der Waals surface area contributed by atoms with Crippen LogP contribution in [0, 0.1) is 0 Å². The molecule has 1 fully saturated rings. The summed E-state index contributed by atoms with van der Waals surface area (Å²) in [7, 11) is 0.191. The minimum atomic E-state index is -3.23. The van der Waals surface area contributed by atoms with Crippen molar-refractivity contribution in [2.45, 2.75) is 31.4 Å². The van der Waals surface area contributed by atoms with E-state index < -0.39 is 16.5 Å². The molecule has 6 nitrogen and oxygen atoms in total. The number of hydrogen-bond donors (Lipinski definition) is 1. The van der Waals surface area contributed by atoms with Gasteiger partial charge in [-0.25, -0.2) is 12.7 Å². The molecule has 1 aromatic rings. The van der Waals surface area contributed by atoms with E-state index in [-0.39, 0.29) is 5.75 Å². The minimum Gasteiger partial charge on any atom is -0.309 e. The maximum absolute atomic E-state index is 12.3. The quantitative estimate of drug-likeness (QED) is 0.546. The van der Waals surface area contributed by atoms with Crippen LogP contribution in [0.3, 0.4) is 0 Å². The second-order valence-corrected chi connectivity index (χ2v) is 8.04. The van der Waals surface area contributed by atoms with Crippen molar-refractivity contribution in [2.24, 2.45) is 5.10 Å². The van der Waals surface area contributed by atoms with Crippen LogP contribution in [0.4, 0.5) is 5.69 Å².